The molecule has 0 saturated carbocycles. The van der Waals surface area contributed by atoms with Crippen LogP contribution in [0.2, 0.25) is 0 Å². The lowest BCUT2D eigenvalue weighted by Crippen LogP contribution is -2.02. The van der Waals surface area contributed by atoms with Crippen LogP contribution < -0.4 is 0 Å². The number of hydrogen-bond acceptors (Lipinski definition) is 4. The van der Waals surface area contributed by atoms with E-state index in [4.69, 9.17) is 0 Å². The summed E-state index contributed by atoms with van der Waals surface area (Å²) in [5.74, 6) is 0.679. The smallest absolute Gasteiger partial charge is 0.155 e. The van der Waals surface area contributed by atoms with Crippen LogP contribution in [0, 0.1) is 0 Å². The maximum atomic E-state index is 9.53. The van der Waals surface area contributed by atoms with Crippen molar-refractivity contribution in [3.8, 4) is 5.82 Å². The van der Waals surface area contributed by atoms with E-state index in [1.807, 2.05) is 6.07 Å². The monoisotopic (exact) mass is 268 g/mol. The molecule has 0 saturated heterocycles. The van der Waals surface area contributed by atoms with Gasteiger partial charge in [0.2, 0.25) is 0 Å². The number of rotatable bonds is 3. The Morgan fingerprint density at radius 2 is 2.33 bits per heavy atom. The second-order valence-electron chi connectivity index (χ2n) is 2.96. The average molecular weight is 269 g/mol. The molecule has 78 valence electrons. The van der Waals surface area contributed by atoms with Gasteiger partial charge in [-0.3, -0.25) is 0 Å². The first-order valence-electron chi connectivity index (χ1n) is 4.36. The highest BCUT2D eigenvalue weighted by Gasteiger charge is 2.06. The van der Waals surface area contributed by atoms with Gasteiger partial charge in [-0.25, -0.2) is 14.6 Å². The molecule has 0 radical (unpaired) electrons. The predicted molar refractivity (Wildman–Crippen MR) is 57.9 cm³/mol. The number of hydrogen-bond donors (Lipinski definition) is 1. The lowest BCUT2D eigenvalue weighted by molar-refractivity contribution is 0.205. The number of pyridine rings is 1. The second kappa shape index (κ2) is 4.50. The summed E-state index contributed by atoms with van der Waals surface area (Å²) in [5, 5.41) is 14.0. The van der Waals surface area contributed by atoms with E-state index in [1.54, 1.807) is 23.3 Å². The third-order valence-electron chi connectivity index (χ3n) is 1.96. The highest BCUT2D eigenvalue weighted by Crippen LogP contribution is 2.14. The van der Waals surface area contributed by atoms with Crippen LogP contribution >= 0.6 is 15.9 Å². The molecule has 1 N–H and O–H groups in total. The molecule has 0 aliphatic heterocycles. The third kappa shape index (κ3) is 2.21. The van der Waals surface area contributed by atoms with E-state index in [-0.39, 0.29) is 0 Å². The molecular weight excluding hydrogens is 260 g/mol. The zero-order chi connectivity index (χ0) is 10.7. The first kappa shape index (κ1) is 10.3. The lowest BCUT2D eigenvalue weighted by Gasteiger charge is -2.06. The molecule has 0 aliphatic carbocycles. The van der Waals surface area contributed by atoms with Gasteiger partial charge in [-0.1, -0.05) is 22.0 Å². The zero-order valence-corrected chi connectivity index (χ0v) is 9.37. The topological polar surface area (TPSA) is 63.8 Å². The normalized spacial score (nSPS) is 12.7. The van der Waals surface area contributed by atoms with E-state index in [0.717, 1.165) is 5.56 Å². The summed E-state index contributed by atoms with van der Waals surface area (Å²) in [4.78, 5) is 8.00. The number of aliphatic hydroxyl groups excluding tert-OH is 1. The van der Waals surface area contributed by atoms with Gasteiger partial charge in [0.05, 0.1) is 6.10 Å². The largest absolute Gasteiger partial charge is 0.387 e. The predicted octanol–water partition coefficient (Wildman–Crippen LogP) is 1.09. The van der Waals surface area contributed by atoms with Crippen molar-refractivity contribution in [1.29, 1.82) is 0 Å². The third-order valence-corrected chi connectivity index (χ3v) is 2.57. The fourth-order valence-corrected chi connectivity index (χ4v) is 1.52. The van der Waals surface area contributed by atoms with Gasteiger partial charge in [0.1, 0.15) is 12.7 Å². The van der Waals surface area contributed by atoms with E-state index in [1.165, 1.54) is 6.33 Å². The molecular formula is C9H9BrN4O. The standard InChI is InChI=1S/C9H9BrN4O/c10-3-8(15)7-1-2-9(12-4-7)14-6-11-5-13-14/h1-2,4-6,8,15H,3H2. The number of alkyl halides is 1. The SMILES string of the molecule is OC(CBr)c1ccc(-n2cncn2)nc1. The van der Waals surface area contributed by atoms with E-state index in [0.29, 0.717) is 11.1 Å². The van der Waals surface area contributed by atoms with Crippen LogP contribution in [-0.4, -0.2) is 30.2 Å². The molecule has 2 rings (SSSR count). The summed E-state index contributed by atoms with van der Waals surface area (Å²) >= 11 is 3.20. The molecule has 6 heteroatoms. The first-order valence-corrected chi connectivity index (χ1v) is 5.48. The van der Waals surface area contributed by atoms with Crippen molar-refractivity contribution in [1.82, 2.24) is 19.7 Å². The molecule has 2 aromatic heterocycles. The van der Waals surface area contributed by atoms with E-state index >= 15 is 0 Å². The number of nitrogens with zero attached hydrogens (tertiary/aromatic N) is 4. The maximum absolute atomic E-state index is 9.53. The van der Waals surface area contributed by atoms with E-state index < -0.39 is 6.10 Å². The van der Waals surface area contributed by atoms with Gasteiger partial charge in [0.25, 0.3) is 0 Å². The van der Waals surface area contributed by atoms with Crippen LogP contribution in [-0.2, 0) is 0 Å². The minimum Gasteiger partial charge on any atom is -0.387 e. The summed E-state index contributed by atoms with van der Waals surface area (Å²) in [6.45, 7) is 0. The quantitative estimate of drug-likeness (QED) is 0.847. The zero-order valence-electron chi connectivity index (χ0n) is 7.79. The van der Waals surface area contributed by atoms with Crippen molar-refractivity contribution in [2.75, 3.05) is 5.33 Å². The van der Waals surface area contributed by atoms with Crippen LogP contribution in [0.15, 0.2) is 31.0 Å². The molecule has 1 atom stereocenters. The van der Waals surface area contributed by atoms with Gasteiger partial charge in [-0.2, -0.15) is 5.10 Å². The summed E-state index contributed by atoms with van der Waals surface area (Å²) in [6, 6.07) is 3.60. The molecule has 0 spiro atoms. The van der Waals surface area contributed by atoms with Crippen molar-refractivity contribution in [2.45, 2.75) is 6.10 Å². The number of halogens is 1. The Kier molecular flexibility index (Phi) is 3.08. The molecule has 1 unspecified atom stereocenters. The average Bonchev–Trinajstić information content (AvgIpc) is 2.82. The first-order chi connectivity index (χ1) is 7.31. The molecule has 0 aliphatic rings. The highest BCUT2D eigenvalue weighted by atomic mass is 79.9. The van der Waals surface area contributed by atoms with Crippen LogP contribution in [0.1, 0.15) is 11.7 Å². The Morgan fingerprint density at radius 1 is 1.47 bits per heavy atom. The Bertz CT molecular complexity index is 414. The minimum atomic E-state index is -0.526. The van der Waals surface area contributed by atoms with E-state index in [9.17, 15) is 5.11 Å². The van der Waals surface area contributed by atoms with Crippen LogP contribution in [0.25, 0.3) is 5.82 Å². The van der Waals surface area contributed by atoms with Gasteiger partial charge < -0.3 is 5.11 Å². The maximum Gasteiger partial charge on any atom is 0.155 e. The molecule has 2 heterocycles. The van der Waals surface area contributed by atoms with Crippen molar-refractivity contribution in [3.63, 3.8) is 0 Å². The van der Waals surface area contributed by atoms with Gasteiger partial charge in [0, 0.05) is 11.5 Å². The number of aliphatic hydroxyl groups is 1. The summed E-state index contributed by atoms with van der Waals surface area (Å²) < 4.78 is 1.56. The minimum absolute atomic E-state index is 0.497. The molecule has 5 nitrogen and oxygen atoms in total. The Hall–Kier alpha value is -1.27. The van der Waals surface area contributed by atoms with Crippen LogP contribution in [0.5, 0.6) is 0 Å². The van der Waals surface area contributed by atoms with Gasteiger partial charge in [0.15, 0.2) is 5.82 Å². The van der Waals surface area contributed by atoms with E-state index in [2.05, 4.69) is 31.0 Å². The molecule has 0 amide bonds. The molecule has 15 heavy (non-hydrogen) atoms. The highest BCUT2D eigenvalue weighted by molar-refractivity contribution is 9.09. The molecule has 2 aromatic rings. The summed E-state index contributed by atoms with van der Waals surface area (Å²) in [5.41, 5.74) is 0.774. The molecule has 0 fully saturated rings. The van der Waals surface area contributed by atoms with Crippen LogP contribution in [0.3, 0.4) is 0 Å². The van der Waals surface area contributed by atoms with Crippen LogP contribution in [0.4, 0.5) is 0 Å². The Balaban J connectivity index is 2.25. The Labute approximate surface area is 94.9 Å². The molecule has 0 bridgehead atoms. The van der Waals surface area contributed by atoms with Crippen molar-refractivity contribution in [3.05, 3.63) is 36.5 Å². The Morgan fingerprint density at radius 3 is 2.87 bits per heavy atom. The lowest BCUT2D eigenvalue weighted by atomic mass is 10.2. The van der Waals surface area contributed by atoms with Gasteiger partial charge >= 0.3 is 0 Å². The van der Waals surface area contributed by atoms with Gasteiger partial charge in [-0.15, -0.1) is 0 Å². The fraction of sp³-hybridized carbons (Fsp3) is 0.222. The molecule has 0 aromatic carbocycles. The summed E-state index contributed by atoms with van der Waals surface area (Å²) in [6.07, 6.45) is 4.12. The van der Waals surface area contributed by atoms with Crippen molar-refractivity contribution >= 4 is 15.9 Å². The van der Waals surface area contributed by atoms with Crippen molar-refractivity contribution in [2.24, 2.45) is 0 Å². The second-order valence-corrected chi connectivity index (χ2v) is 3.61. The summed E-state index contributed by atoms with van der Waals surface area (Å²) in [7, 11) is 0. The fourth-order valence-electron chi connectivity index (χ4n) is 1.15. The van der Waals surface area contributed by atoms with Gasteiger partial charge in [-0.05, 0) is 11.6 Å². The number of aromatic nitrogens is 4. The van der Waals surface area contributed by atoms with Crippen molar-refractivity contribution < 1.29 is 5.11 Å².